The highest BCUT2D eigenvalue weighted by Crippen LogP contribution is 2.17. The molecule has 2 aromatic rings. The van der Waals surface area contributed by atoms with Crippen molar-refractivity contribution < 1.29 is 9.59 Å². The van der Waals surface area contributed by atoms with Crippen molar-refractivity contribution in [2.75, 3.05) is 6.54 Å². The number of benzene rings is 1. The van der Waals surface area contributed by atoms with Crippen LogP contribution >= 0.6 is 0 Å². The Balaban J connectivity index is 1.50. The van der Waals surface area contributed by atoms with Crippen LogP contribution in [0.15, 0.2) is 35.3 Å². The fourth-order valence-electron chi connectivity index (χ4n) is 3.30. The van der Waals surface area contributed by atoms with Gasteiger partial charge in [-0.25, -0.2) is 4.79 Å². The van der Waals surface area contributed by atoms with Crippen molar-refractivity contribution in [3.05, 3.63) is 52.2 Å². The Morgan fingerprint density at radius 2 is 1.88 bits per heavy atom. The van der Waals surface area contributed by atoms with E-state index in [4.69, 9.17) is 0 Å². The molecule has 0 unspecified atom stereocenters. The first-order chi connectivity index (χ1) is 12.5. The Hall–Kier alpha value is -2.83. The summed E-state index contributed by atoms with van der Waals surface area (Å²) in [4.78, 5) is 38.4. The SMILES string of the molecule is Cc1c[nH]c(=O)n1-c1ccc(C(=O)NCCC(=O)NC2CCCC2)cc1. The first kappa shape index (κ1) is 18.0. The first-order valence-corrected chi connectivity index (χ1v) is 8.99. The number of carbonyl (C=O) groups is 2. The molecule has 1 heterocycles. The van der Waals surface area contributed by atoms with E-state index in [0.717, 1.165) is 18.5 Å². The van der Waals surface area contributed by atoms with Gasteiger partial charge in [-0.15, -0.1) is 0 Å². The zero-order valence-corrected chi connectivity index (χ0v) is 14.9. The number of aromatic nitrogens is 2. The van der Waals surface area contributed by atoms with Crippen molar-refractivity contribution in [1.29, 1.82) is 0 Å². The van der Waals surface area contributed by atoms with Gasteiger partial charge in [-0.2, -0.15) is 0 Å². The van der Waals surface area contributed by atoms with Gasteiger partial charge in [0.05, 0.1) is 5.69 Å². The summed E-state index contributed by atoms with van der Waals surface area (Å²) >= 11 is 0. The zero-order valence-electron chi connectivity index (χ0n) is 14.9. The second kappa shape index (κ2) is 8.03. The molecule has 2 amide bonds. The number of amides is 2. The molecule has 1 aliphatic carbocycles. The molecule has 7 heteroatoms. The van der Waals surface area contributed by atoms with E-state index in [1.54, 1.807) is 30.5 Å². The Morgan fingerprint density at radius 3 is 2.50 bits per heavy atom. The summed E-state index contributed by atoms with van der Waals surface area (Å²) in [5, 5.41) is 5.76. The number of H-pyrrole nitrogens is 1. The van der Waals surface area contributed by atoms with Crippen LogP contribution in [0.25, 0.3) is 5.69 Å². The summed E-state index contributed by atoms with van der Waals surface area (Å²) in [6, 6.07) is 7.09. The Labute approximate surface area is 151 Å². The maximum absolute atomic E-state index is 12.2. The largest absolute Gasteiger partial charge is 0.353 e. The smallest absolute Gasteiger partial charge is 0.330 e. The van der Waals surface area contributed by atoms with E-state index in [9.17, 15) is 14.4 Å². The van der Waals surface area contributed by atoms with Crippen molar-refractivity contribution in [2.45, 2.75) is 45.1 Å². The van der Waals surface area contributed by atoms with Crippen molar-refractivity contribution >= 4 is 11.8 Å². The normalized spacial score (nSPS) is 14.3. The molecule has 0 atom stereocenters. The predicted octanol–water partition coefficient (Wildman–Crippen LogP) is 1.65. The second-order valence-corrected chi connectivity index (χ2v) is 6.67. The lowest BCUT2D eigenvalue weighted by Crippen LogP contribution is -2.35. The molecule has 138 valence electrons. The zero-order chi connectivity index (χ0) is 18.5. The molecule has 0 spiro atoms. The number of rotatable bonds is 6. The van der Waals surface area contributed by atoms with E-state index in [0.29, 0.717) is 23.8 Å². The third-order valence-electron chi connectivity index (χ3n) is 4.71. The number of aromatic amines is 1. The van der Waals surface area contributed by atoms with Crippen molar-refractivity contribution in [3.8, 4) is 5.69 Å². The van der Waals surface area contributed by atoms with Gasteiger partial charge in [0.15, 0.2) is 0 Å². The van der Waals surface area contributed by atoms with Crippen LogP contribution in [0.3, 0.4) is 0 Å². The Morgan fingerprint density at radius 1 is 1.19 bits per heavy atom. The van der Waals surface area contributed by atoms with Crippen LogP contribution in [0.1, 0.15) is 48.2 Å². The van der Waals surface area contributed by atoms with Gasteiger partial charge in [0.1, 0.15) is 0 Å². The fraction of sp³-hybridized carbons (Fsp3) is 0.421. The molecule has 0 bridgehead atoms. The molecule has 3 rings (SSSR count). The summed E-state index contributed by atoms with van der Waals surface area (Å²) in [6.45, 7) is 2.13. The highest BCUT2D eigenvalue weighted by Gasteiger charge is 2.17. The number of nitrogens with one attached hydrogen (secondary N) is 3. The lowest BCUT2D eigenvalue weighted by atomic mass is 10.2. The van der Waals surface area contributed by atoms with Crippen LogP contribution in [-0.2, 0) is 4.79 Å². The Kier molecular flexibility index (Phi) is 5.55. The number of hydrogen-bond donors (Lipinski definition) is 3. The maximum atomic E-state index is 12.2. The lowest BCUT2D eigenvalue weighted by molar-refractivity contribution is -0.121. The van der Waals surface area contributed by atoms with Gasteiger partial charge < -0.3 is 15.6 Å². The molecule has 7 nitrogen and oxygen atoms in total. The molecule has 0 aliphatic heterocycles. The van der Waals surface area contributed by atoms with Crippen LogP contribution in [-0.4, -0.2) is 34.0 Å². The van der Waals surface area contributed by atoms with E-state index >= 15 is 0 Å². The number of hydrogen-bond acceptors (Lipinski definition) is 3. The highest BCUT2D eigenvalue weighted by atomic mass is 16.2. The molecule has 1 fully saturated rings. The fourth-order valence-corrected chi connectivity index (χ4v) is 3.30. The molecule has 1 aromatic heterocycles. The minimum atomic E-state index is -0.233. The van der Waals surface area contributed by atoms with Gasteiger partial charge in [-0.05, 0) is 44.0 Å². The van der Waals surface area contributed by atoms with Gasteiger partial charge in [-0.1, -0.05) is 12.8 Å². The number of carbonyl (C=O) groups excluding carboxylic acids is 2. The van der Waals surface area contributed by atoms with E-state index in [2.05, 4.69) is 15.6 Å². The van der Waals surface area contributed by atoms with Gasteiger partial charge >= 0.3 is 5.69 Å². The maximum Gasteiger partial charge on any atom is 0.330 e. The summed E-state index contributed by atoms with van der Waals surface area (Å²) < 4.78 is 1.54. The van der Waals surface area contributed by atoms with Crippen LogP contribution in [0.5, 0.6) is 0 Å². The van der Waals surface area contributed by atoms with Gasteiger partial charge in [0, 0.05) is 36.5 Å². The van der Waals surface area contributed by atoms with E-state index in [1.807, 2.05) is 6.92 Å². The van der Waals surface area contributed by atoms with E-state index < -0.39 is 0 Å². The molecular weight excluding hydrogens is 332 g/mol. The summed E-state index contributed by atoms with van der Waals surface area (Å²) in [5.41, 5.74) is 1.76. The van der Waals surface area contributed by atoms with Crippen LogP contribution in [0, 0.1) is 6.92 Å². The van der Waals surface area contributed by atoms with Crippen molar-refractivity contribution in [2.24, 2.45) is 0 Å². The highest BCUT2D eigenvalue weighted by molar-refractivity contribution is 5.94. The predicted molar refractivity (Wildman–Crippen MR) is 98.5 cm³/mol. The van der Waals surface area contributed by atoms with Crippen molar-refractivity contribution in [1.82, 2.24) is 20.2 Å². The van der Waals surface area contributed by atoms with Gasteiger partial charge in [0.2, 0.25) is 5.91 Å². The molecule has 0 saturated heterocycles. The second-order valence-electron chi connectivity index (χ2n) is 6.67. The van der Waals surface area contributed by atoms with Crippen LogP contribution in [0.4, 0.5) is 0 Å². The number of imidazole rings is 1. The van der Waals surface area contributed by atoms with E-state index in [1.165, 1.54) is 17.4 Å². The summed E-state index contributed by atoms with van der Waals surface area (Å²) in [6.07, 6.45) is 6.36. The van der Waals surface area contributed by atoms with Gasteiger partial charge in [-0.3, -0.25) is 14.2 Å². The minimum Gasteiger partial charge on any atom is -0.353 e. The number of aryl methyl sites for hydroxylation is 1. The Bertz CT molecular complexity index is 829. The molecule has 1 saturated carbocycles. The lowest BCUT2D eigenvalue weighted by Gasteiger charge is -2.12. The molecule has 1 aliphatic rings. The molecule has 1 aromatic carbocycles. The average molecular weight is 356 g/mol. The third-order valence-corrected chi connectivity index (χ3v) is 4.71. The summed E-state index contributed by atoms with van der Waals surface area (Å²) in [7, 11) is 0. The van der Waals surface area contributed by atoms with Gasteiger partial charge in [0.25, 0.3) is 5.91 Å². The molecule has 26 heavy (non-hydrogen) atoms. The number of nitrogens with zero attached hydrogens (tertiary/aromatic N) is 1. The molecule has 0 radical (unpaired) electrons. The van der Waals surface area contributed by atoms with E-state index in [-0.39, 0.29) is 23.9 Å². The summed E-state index contributed by atoms with van der Waals surface area (Å²) in [5.74, 6) is -0.252. The van der Waals surface area contributed by atoms with Crippen molar-refractivity contribution in [3.63, 3.8) is 0 Å². The van der Waals surface area contributed by atoms with Crippen LogP contribution < -0.4 is 16.3 Å². The first-order valence-electron chi connectivity index (χ1n) is 8.99. The quantitative estimate of drug-likeness (QED) is 0.734. The standard InChI is InChI=1S/C19H24N4O3/c1-13-12-21-19(26)23(13)16-8-6-14(7-9-16)18(25)20-11-10-17(24)22-15-4-2-3-5-15/h6-9,12,15H,2-5,10-11H2,1H3,(H,20,25)(H,21,26)(H,22,24). The molecule has 3 N–H and O–H groups in total. The van der Waals surface area contributed by atoms with Crippen LogP contribution in [0.2, 0.25) is 0 Å². The average Bonchev–Trinajstić information content (AvgIpc) is 3.25. The third kappa shape index (κ3) is 4.22. The molecular formula is C19H24N4O3. The monoisotopic (exact) mass is 356 g/mol. The minimum absolute atomic E-state index is 0.0187. The topological polar surface area (TPSA) is 96.0 Å².